The second-order valence-electron chi connectivity index (χ2n) is 8.36. The van der Waals surface area contributed by atoms with Crippen LogP contribution >= 0.6 is 0 Å². The van der Waals surface area contributed by atoms with Gasteiger partial charge in [-0.05, 0) is 36.5 Å². The predicted molar refractivity (Wildman–Crippen MR) is 123 cm³/mol. The lowest BCUT2D eigenvalue weighted by Crippen LogP contribution is -2.38. The summed E-state index contributed by atoms with van der Waals surface area (Å²) < 4.78 is 3.32. The van der Waals surface area contributed by atoms with E-state index in [4.69, 9.17) is 5.11 Å². The number of aromatic nitrogens is 3. The Balaban J connectivity index is 1.33. The monoisotopic (exact) mass is 418 g/mol. The Morgan fingerprint density at radius 2 is 1.74 bits per heavy atom. The van der Waals surface area contributed by atoms with Crippen molar-refractivity contribution in [1.82, 2.24) is 19.2 Å². The van der Waals surface area contributed by atoms with Crippen molar-refractivity contribution in [3.05, 3.63) is 93.7 Å². The van der Waals surface area contributed by atoms with E-state index in [-0.39, 0.29) is 18.3 Å². The largest absolute Gasteiger partial charge is 0.392 e. The lowest BCUT2D eigenvalue weighted by Gasteiger charge is -2.32. The minimum atomic E-state index is -0.0511. The molecule has 6 heteroatoms. The summed E-state index contributed by atoms with van der Waals surface area (Å²) in [5, 5.41) is 13.5. The van der Waals surface area contributed by atoms with Gasteiger partial charge < -0.3 is 5.11 Å². The lowest BCUT2D eigenvalue weighted by atomic mass is 10.0. The third kappa shape index (κ3) is 5.40. The molecule has 1 aromatic heterocycles. The predicted octanol–water partition coefficient (Wildman–Crippen LogP) is 3.33. The van der Waals surface area contributed by atoms with E-state index in [1.165, 1.54) is 15.8 Å². The molecule has 0 amide bonds. The van der Waals surface area contributed by atoms with E-state index < -0.39 is 0 Å². The number of hydrogen-bond acceptors (Lipinski definition) is 4. The first-order valence-corrected chi connectivity index (χ1v) is 10.9. The van der Waals surface area contributed by atoms with Crippen molar-refractivity contribution >= 4 is 6.08 Å². The molecule has 1 aliphatic heterocycles. The number of benzene rings is 2. The van der Waals surface area contributed by atoms with Gasteiger partial charge in [-0.3, -0.25) is 9.47 Å². The van der Waals surface area contributed by atoms with Crippen molar-refractivity contribution < 1.29 is 5.11 Å². The van der Waals surface area contributed by atoms with E-state index in [9.17, 15) is 4.79 Å². The molecule has 3 aromatic rings. The standard InChI is InChI=1S/C25H30N4O2/c1-20(15-21-5-3-2-4-6-21)16-27-13-11-24(12-14-27)28-19-26-29(25(28)31)17-22-7-9-23(18-30)10-8-22/h2-10,15,19,24,30H,11-14,16-18H2,1H3/b20-15+. The first-order valence-electron chi connectivity index (χ1n) is 10.9. The second kappa shape index (κ2) is 9.90. The number of aliphatic hydroxyl groups excluding tert-OH is 1. The third-order valence-electron chi connectivity index (χ3n) is 5.93. The third-order valence-corrected chi connectivity index (χ3v) is 5.93. The van der Waals surface area contributed by atoms with E-state index in [0.29, 0.717) is 6.54 Å². The van der Waals surface area contributed by atoms with Crippen molar-refractivity contribution in [3.63, 3.8) is 0 Å². The zero-order chi connectivity index (χ0) is 21.6. The Morgan fingerprint density at radius 1 is 1.06 bits per heavy atom. The molecular formula is C25H30N4O2. The number of rotatable bonds is 7. The van der Waals surface area contributed by atoms with Gasteiger partial charge in [-0.1, -0.05) is 66.2 Å². The van der Waals surface area contributed by atoms with Gasteiger partial charge in [0.15, 0.2) is 0 Å². The maximum Gasteiger partial charge on any atom is 0.346 e. The van der Waals surface area contributed by atoms with Crippen LogP contribution in [0.1, 0.15) is 42.5 Å². The summed E-state index contributed by atoms with van der Waals surface area (Å²) in [4.78, 5) is 15.3. The molecular weight excluding hydrogens is 388 g/mol. The highest BCUT2D eigenvalue weighted by molar-refractivity contribution is 5.52. The van der Waals surface area contributed by atoms with Crippen molar-refractivity contribution in [3.8, 4) is 0 Å². The van der Waals surface area contributed by atoms with Crippen LogP contribution in [0.3, 0.4) is 0 Å². The fourth-order valence-electron chi connectivity index (χ4n) is 4.22. The van der Waals surface area contributed by atoms with E-state index >= 15 is 0 Å². The molecule has 31 heavy (non-hydrogen) atoms. The SMILES string of the molecule is C/C(=C\c1ccccc1)CN1CCC(n2cnn(Cc3ccc(CO)cc3)c2=O)CC1. The Morgan fingerprint density at radius 3 is 2.42 bits per heavy atom. The molecule has 4 rings (SSSR count). The first-order chi connectivity index (χ1) is 15.1. The molecule has 6 nitrogen and oxygen atoms in total. The summed E-state index contributed by atoms with van der Waals surface area (Å²) >= 11 is 0. The quantitative estimate of drug-likeness (QED) is 0.639. The number of hydrogen-bond donors (Lipinski definition) is 1. The summed E-state index contributed by atoms with van der Waals surface area (Å²) in [5.41, 5.74) is 4.40. The van der Waals surface area contributed by atoms with E-state index in [1.807, 2.05) is 30.3 Å². The van der Waals surface area contributed by atoms with Gasteiger partial charge in [0.2, 0.25) is 0 Å². The van der Waals surface area contributed by atoms with Crippen molar-refractivity contribution in [2.45, 2.75) is 39.0 Å². The molecule has 2 aromatic carbocycles. The van der Waals surface area contributed by atoms with E-state index in [1.54, 1.807) is 10.9 Å². The normalized spacial score (nSPS) is 16.0. The van der Waals surface area contributed by atoms with Gasteiger partial charge in [0.25, 0.3) is 0 Å². The fraction of sp³-hybridized carbons (Fsp3) is 0.360. The molecule has 162 valence electrons. The number of aliphatic hydroxyl groups is 1. The van der Waals surface area contributed by atoms with Gasteiger partial charge in [0.05, 0.1) is 13.2 Å². The highest BCUT2D eigenvalue weighted by atomic mass is 16.3. The molecule has 1 fully saturated rings. The minimum Gasteiger partial charge on any atom is -0.392 e. The van der Waals surface area contributed by atoms with Crippen LogP contribution in [0.2, 0.25) is 0 Å². The maximum atomic E-state index is 12.9. The molecule has 0 bridgehead atoms. The molecule has 1 N–H and O–H groups in total. The Labute approximate surface area is 183 Å². The summed E-state index contributed by atoms with van der Waals surface area (Å²) in [6.45, 7) is 5.56. The molecule has 0 spiro atoms. The van der Waals surface area contributed by atoms with Crippen LogP contribution in [0.25, 0.3) is 6.08 Å². The molecule has 0 atom stereocenters. The second-order valence-corrected chi connectivity index (χ2v) is 8.36. The molecule has 1 aliphatic rings. The highest BCUT2D eigenvalue weighted by Crippen LogP contribution is 2.22. The van der Waals surface area contributed by atoms with Crippen LogP contribution in [0.15, 0.2) is 71.3 Å². The average Bonchev–Trinajstić information content (AvgIpc) is 3.15. The molecule has 1 saturated heterocycles. The van der Waals surface area contributed by atoms with Gasteiger partial charge in [-0.2, -0.15) is 5.10 Å². The summed E-state index contributed by atoms with van der Waals surface area (Å²) in [6, 6.07) is 18.2. The highest BCUT2D eigenvalue weighted by Gasteiger charge is 2.23. The van der Waals surface area contributed by atoms with Crippen molar-refractivity contribution in [1.29, 1.82) is 0 Å². The van der Waals surface area contributed by atoms with E-state index in [2.05, 4.69) is 47.3 Å². The maximum absolute atomic E-state index is 12.9. The first kappa shape index (κ1) is 21.3. The molecule has 0 unspecified atom stereocenters. The van der Waals surface area contributed by atoms with E-state index in [0.717, 1.165) is 43.6 Å². The van der Waals surface area contributed by atoms with Crippen LogP contribution < -0.4 is 5.69 Å². The fourth-order valence-corrected chi connectivity index (χ4v) is 4.22. The van der Waals surface area contributed by atoms with Gasteiger partial charge in [0, 0.05) is 25.7 Å². The summed E-state index contributed by atoms with van der Waals surface area (Å²) in [6.07, 6.45) is 5.84. The van der Waals surface area contributed by atoms with Crippen molar-refractivity contribution in [2.75, 3.05) is 19.6 Å². The lowest BCUT2D eigenvalue weighted by molar-refractivity contribution is 0.197. The molecule has 0 radical (unpaired) electrons. The van der Waals surface area contributed by atoms with Gasteiger partial charge in [0.1, 0.15) is 6.33 Å². The number of likely N-dealkylation sites (tertiary alicyclic amines) is 1. The van der Waals surface area contributed by atoms with Crippen LogP contribution in [-0.2, 0) is 13.2 Å². The molecule has 0 saturated carbocycles. The minimum absolute atomic E-state index is 0.0229. The average molecular weight is 419 g/mol. The zero-order valence-electron chi connectivity index (χ0n) is 18.0. The Hall–Kier alpha value is -2.96. The molecule has 0 aliphatic carbocycles. The Bertz CT molecular complexity index is 1060. The van der Waals surface area contributed by atoms with Gasteiger partial charge in [-0.25, -0.2) is 9.48 Å². The smallest absolute Gasteiger partial charge is 0.346 e. The summed E-state index contributed by atoms with van der Waals surface area (Å²) in [7, 11) is 0. The van der Waals surface area contributed by atoms with Crippen LogP contribution in [0.5, 0.6) is 0 Å². The van der Waals surface area contributed by atoms with Crippen LogP contribution in [0, 0.1) is 0 Å². The van der Waals surface area contributed by atoms with Crippen LogP contribution in [0.4, 0.5) is 0 Å². The van der Waals surface area contributed by atoms with Gasteiger partial charge >= 0.3 is 5.69 Å². The summed E-state index contributed by atoms with van der Waals surface area (Å²) in [5.74, 6) is 0. The van der Waals surface area contributed by atoms with Gasteiger partial charge in [-0.15, -0.1) is 0 Å². The topological polar surface area (TPSA) is 63.3 Å². The zero-order valence-corrected chi connectivity index (χ0v) is 18.0. The Kier molecular flexibility index (Phi) is 6.79. The number of nitrogens with zero attached hydrogens (tertiary/aromatic N) is 4. The number of piperidine rings is 1. The van der Waals surface area contributed by atoms with Crippen LogP contribution in [-0.4, -0.2) is 44.0 Å². The van der Waals surface area contributed by atoms with Crippen molar-refractivity contribution in [2.24, 2.45) is 0 Å². The molecule has 2 heterocycles.